The summed E-state index contributed by atoms with van der Waals surface area (Å²) in [7, 11) is 0. The Bertz CT molecular complexity index is 114. The quantitative estimate of drug-likeness (QED) is 0.237. The Hall–Kier alpha value is -1.44. The Morgan fingerprint density at radius 2 is 0.786 bits per heavy atom. The van der Waals surface area contributed by atoms with E-state index >= 15 is 0 Å². The summed E-state index contributed by atoms with van der Waals surface area (Å²) < 4.78 is 0. The molecule has 0 atom stereocenters. The molecule has 0 saturated heterocycles. The van der Waals surface area contributed by atoms with Crippen molar-refractivity contribution in [2.24, 2.45) is 0 Å². The Labute approximate surface area is 97.1 Å². The molecule has 14 heavy (non-hydrogen) atoms. The summed E-state index contributed by atoms with van der Waals surface area (Å²) >= 11 is 0. The first-order valence-corrected chi connectivity index (χ1v) is 1.66. The molecular formula is H5N4NaO9. The van der Waals surface area contributed by atoms with E-state index in [4.69, 9.17) is 46.0 Å². The van der Waals surface area contributed by atoms with Crippen LogP contribution in [0, 0.1) is 40.8 Å². The predicted octanol–water partition coefficient (Wildman–Crippen LogP) is -3.45. The van der Waals surface area contributed by atoms with Gasteiger partial charge in [-0.25, -0.2) is 0 Å². The molecule has 0 aromatic heterocycles. The second-order valence-electron chi connectivity index (χ2n) is 0.685. The molecule has 0 aliphatic rings. The molecule has 0 aromatic rings. The maximum Gasteiger partial charge on any atom is 1.00 e. The predicted molar refractivity (Wildman–Crippen MR) is 35.5 cm³/mol. The van der Waals surface area contributed by atoms with Crippen LogP contribution in [0.2, 0.25) is 0 Å². The molecule has 0 saturated carbocycles. The van der Waals surface area contributed by atoms with Crippen LogP contribution in [0.15, 0.2) is 0 Å². The zero-order valence-corrected chi connectivity index (χ0v) is 9.05. The average Bonchev–Trinajstić information content (AvgIpc) is 1.54. The molecule has 0 aromatic carbocycles. The number of rotatable bonds is 0. The van der Waals surface area contributed by atoms with Gasteiger partial charge in [-0.1, -0.05) is 0 Å². The van der Waals surface area contributed by atoms with Crippen molar-refractivity contribution >= 4 is 0 Å². The van der Waals surface area contributed by atoms with Gasteiger partial charge < -0.3 is 42.0 Å². The maximum atomic E-state index is 8.36. The molecule has 0 amide bonds. The van der Waals surface area contributed by atoms with E-state index in [0.717, 1.165) is 0 Å². The third kappa shape index (κ3) is 465. The van der Waals surface area contributed by atoms with Gasteiger partial charge in [-0.15, -0.1) is 10.1 Å². The third-order valence-corrected chi connectivity index (χ3v) is 0. The van der Waals surface area contributed by atoms with Gasteiger partial charge in [0.25, 0.3) is 5.09 Å². The summed E-state index contributed by atoms with van der Waals surface area (Å²) in [6.07, 6.45) is 0. The van der Waals surface area contributed by atoms with Gasteiger partial charge in [0.1, 0.15) is 0 Å². The zero-order chi connectivity index (χ0) is 10.7. The van der Waals surface area contributed by atoms with Crippen LogP contribution >= 0.6 is 0 Å². The molecule has 0 unspecified atom stereocenters. The molecule has 0 radical (unpaired) electrons. The maximum absolute atomic E-state index is 8.36. The number of hydrogen-bond acceptors (Lipinski definition) is 8. The Morgan fingerprint density at radius 1 is 0.786 bits per heavy atom. The molecule has 0 bridgehead atoms. The first-order valence-electron chi connectivity index (χ1n) is 1.66. The summed E-state index contributed by atoms with van der Waals surface area (Å²) in [5, 5.41) is 43.1. The van der Waals surface area contributed by atoms with Crippen molar-refractivity contribution in [3.63, 3.8) is 0 Å². The molecule has 0 aliphatic heterocycles. The van der Waals surface area contributed by atoms with E-state index in [9.17, 15) is 0 Å². The molecule has 14 heteroatoms. The summed E-state index contributed by atoms with van der Waals surface area (Å²) in [6, 6.07) is 0. The van der Waals surface area contributed by atoms with Gasteiger partial charge in [-0.3, -0.25) is 0 Å². The second kappa shape index (κ2) is 22.6. The first-order chi connectivity index (χ1) is 5.20. The Balaban J connectivity index is -0.0000000270. The molecule has 0 spiro atoms. The van der Waals surface area contributed by atoms with Crippen LogP contribution in [0.1, 0.15) is 0 Å². The summed E-state index contributed by atoms with van der Waals surface area (Å²) in [5.41, 5.74) is 0. The van der Waals surface area contributed by atoms with Gasteiger partial charge in [0.2, 0.25) is 0 Å². The monoisotopic (exact) mass is 228 g/mol. The van der Waals surface area contributed by atoms with Crippen LogP contribution in [0.3, 0.4) is 0 Å². The van der Waals surface area contributed by atoms with Crippen LogP contribution in [-0.2, 0) is 0 Å². The summed E-state index contributed by atoms with van der Waals surface area (Å²) in [6.45, 7) is 0. The van der Waals surface area contributed by atoms with E-state index in [-0.39, 0.29) is 35.7 Å². The van der Waals surface area contributed by atoms with Crippen molar-refractivity contribution in [2.75, 3.05) is 0 Å². The topological polar surface area (TPSA) is 232 Å². The van der Waals surface area contributed by atoms with Gasteiger partial charge in [0.05, 0.1) is 10.2 Å². The van der Waals surface area contributed by atoms with E-state index in [0.29, 0.717) is 0 Å². The van der Waals surface area contributed by atoms with Crippen LogP contribution in [0.25, 0.3) is 0 Å². The number of hydrogen-bond donors (Lipinski definition) is 2. The zero-order valence-electron chi connectivity index (χ0n) is 7.05. The normalized spacial score (nSPS) is 5.14. The van der Waals surface area contributed by atoms with Crippen molar-refractivity contribution in [3.05, 3.63) is 40.8 Å². The average molecular weight is 228 g/mol. The van der Waals surface area contributed by atoms with E-state index in [1.54, 1.807) is 0 Å². The van der Waals surface area contributed by atoms with Crippen molar-refractivity contribution < 1.29 is 50.0 Å². The summed E-state index contributed by atoms with van der Waals surface area (Å²) in [5.74, 6) is 0. The molecule has 0 aliphatic carbocycles. The molecule has 5 N–H and O–H groups in total. The van der Waals surface area contributed by atoms with Crippen LogP contribution in [0.4, 0.5) is 0 Å². The fourth-order valence-electron chi connectivity index (χ4n) is 0. The minimum absolute atomic E-state index is 0. The fourth-order valence-corrected chi connectivity index (χ4v) is 0. The van der Waals surface area contributed by atoms with Gasteiger partial charge in [0, 0.05) is 0 Å². The number of quaternary nitrogens is 1. The smallest absolute Gasteiger partial charge is 0.369 e. The van der Waals surface area contributed by atoms with E-state index in [2.05, 4.69) is 0 Å². The van der Waals surface area contributed by atoms with Crippen molar-refractivity contribution in [1.82, 2.24) is 6.15 Å². The molecule has 0 rings (SSSR count). The van der Waals surface area contributed by atoms with Crippen LogP contribution in [0.5, 0.6) is 0 Å². The van der Waals surface area contributed by atoms with E-state index in [1.165, 1.54) is 0 Å². The Morgan fingerprint density at radius 3 is 0.786 bits per heavy atom. The minimum atomic E-state index is -1.75. The Kier molecular flexibility index (Phi) is 47.3. The van der Waals surface area contributed by atoms with Crippen LogP contribution in [-0.4, -0.2) is 20.5 Å². The van der Waals surface area contributed by atoms with E-state index < -0.39 is 15.3 Å². The third-order valence-electron chi connectivity index (χ3n) is 0. The standard InChI is InChI=1S/HNO3.2NO3.H3N.Na/c3*2-1(3)4;;/h(H,2,3,4);;;1H3;/q;2*-1;;+1/p+1. The van der Waals surface area contributed by atoms with Gasteiger partial charge in [0.15, 0.2) is 0 Å². The molecular weight excluding hydrogens is 223 g/mol. The van der Waals surface area contributed by atoms with Crippen LogP contribution < -0.4 is 35.7 Å². The van der Waals surface area contributed by atoms with Crippen molar-refractivity contribution in [3.8, 4) is 0 Å². The molecule has 0 fully saturated rings. The molecule has 13 nitrogen and oxygen atoms in total. The van der Waals surface area contributed by atoms with Gasteiger partial charge in [-0.05, 0) is 0 Å². The SMILES string of the molecule is O=[N+]([O-])O.O=[N+]([O-])[O-].O=[N+]([O-])[O-].[NH4+].[Na+]. The first kappa shape index (κ1) is 29.4. The largest absolute Gasteiger partial charge is 1.00 e. The van der Waals surface area contributed by atoms with Crippen molar-refractivity contribution in [2.45, 2.75) is 0 Å². The molecule has 80 valence electrons. The van der Waals surface area contributed by atoms with Gasteiger partial charge >= 0.3 is 29.6 Å². The van der Waals surface area contributed by atoms with Crippen molar-refractivity contribution in [1.29, 1.82) is 0 Å². The fraction of sp³-hybridized carbons (Fsp3) is 0. The second-order valence-corrected chi connectivity index (χ2v) is 0.685. The molecule has 0 heterocycles. The van der Waals surface area contributed by atoms with Gasteiger partial charge in [-0.2, -0.15) is 0 Å². The minimum Gasteiger partial charge on any atom is -0.369 e. The summed E-state index contributed by atoms with van der Waals surface area (Å²) in [4.78, 5) is 24.9. The van der Waals surface area contributed by atoms with E-state index in [1.807, 2.05) is 0 Å². The number of nitrogens with zero attached hydrogens (tertiary/aromatic N) is 3.